The molecule has 1 aromatic heterocycles. The van der Waals surface area contributed by atoms with Crippen LogP contribution in [0.15, 0.2) is 60.7 Å². The van der Waals surface area contributed by atoms with Crippen LogP contribution in [0.4, 0.5) is 0 Å². The number of nitrogens with zero attached hydrogens (tertiary/aromatic N) is 1. The van der Waals surface area contributed by atoms with Gasteiger partial charge in [-0.3, -0.25) is 9.78 Å². The molecule has 0 fully saturated rings. The van der Waals surface area contributed by atoms with Crippen molar-refractivity contribution in [3.63, 3.8) is 0 Å². The molecule has 0 saturated carbocycles. The van der Waals surface area contributed by atoms with Crippen LogP contribution in [0, 0.1) is 13.8 Å². The molecule has 0 radical (unpaired) electrons. The minimum atomic E-state index is 0.0402. The van der Waals surface area contributed by atoms with E-state index in [9.17, 15) is 4.79 Å². The Morgan fingerprint density at radius 1 is 0.920 bits per heavy atom. The fraction of sp³-hybridized carbons (Fsp3) is 0.143. The number of aromatic nitrogens is 1. The monoisotopic (exact) mass is 395 g/mol. The lowest BCUT2D eigenvalue weighted by Crippen LogP contribution is -2.04. The second-order valence-electron chi connectivity index (χ2n) is 5.83. The van der Waals surface area contributed by atoms with Crippen molar-refractivity contribution in [2.75, 3.05) is 5.33 Å². The molecule has 126 valence electrons. The predicted octanol–water partition coefficient (Wildman–Crippen LogP) is 5.74. The van der Waals surface area contributed by atoms with Gasteiger partial charge in [0.05, 0.1) is 11.0 Å². The maximum Gasteiger partial charge on any atom is 0.175 e. The first-order valence-electron chi connectivity index (χ1n) is 7.98. The fourth-order valence-electron chi connectivity index (χ4n) is 2.52. The number of ketones is 1. The number of pyridine rings is 1. The Hall–Kier alpha value is -2.46. The van der Waals surface area contributed by atoms with Gasteiger partial charge in [0, 0.05) is 16.8 Å². The van der Waals surface area contributed by atoms with Crippen molar-refractivity contribution in [3.8, 4) is 22.8 Å². The second kappa shape index (κ2) is 7.62. The van der Waals surface area contributed by atoms with E-state index in [1.807, 2.05) is 74.5 Å². The van der Waals surface area contributed by atoms with Gasteiger partial charge in [-0.1, -0.05) is 33.6 Å². The highest BCUT2D eigenvalue weighted by atomic mass is 79.9. The smallest absolute Gasteiger partial charge is 0.175 e. The minimum Gasteiger partial charge on any atom is -0.457 e. The molecule has 3 aromatic rings. The Labute approximate surface area is 155 Å². The van der Waals surface area contributed by atoms with E-state index in [-0.39, 0.29) is 5.78 Å². The van der Waals surface area contributed by atoms with Crippen LogP contribution in [0.1, 0.15) is 21.6 Å². The molecule has 2 aromatic carbocycles. The van der Waals surface area contributed by atoms with E-state index in [2.05, 4.69) is 20.9 Å². The summed E-state index contributed by atoms with van der Waals surface area (Å²) in [7, 11) is 0. The number of benzene rings is 2. The number of carbonyl (C=O) groups excluding carboxylic acids is 1. The fourth-order valence-corrected chi connectivity index (χ4v) is 2.83. The van der Waals surface area contributed by atoms with Crippen molar-refractivity contribution < 1.29 is 9.53 Å². The van der Waals surface area contributed by atoms with Crippen LogP contribution in [0.25, 0.3) is 11.3 Å². The van der Waals surface area contributed by atoms with Crippen molar-refractivity contribution in [2.45, 2.75) is 13.8 Å². The molecule has 0 N–H and O–H groups in total. The number of rotatable bonds is 5. The van der Waals surface area contributed by atoms with Gasteiger partial charge in [-0.2, -0.15) is 0 Å². The molecule has 25 heavy (non-hydrogen) atoms. The van der Waals surface area contributed by atoms with Crippen LogP contribution in [0.3, 0.4) is 0 Å². The lowest BCUT2D eigenvalue weighted by molar-refractivity contribution is 0.102. The van der Waals surface area contributed by atoms with E-state index < -0.39 is 0 Å². The Bertz CT molecular complexity index is 887. The van der Waals surface area contributed by atoms with E-state index in [0.29, 0.717) is 10.9 Å². The lowest BCUT2D eigenvalue weighted by atomic mass is 10.1. The molecule has 0 aliphatic rings. The normalized spacial score (nSPS) is 10.5. The number of aryl methyl sites for hydroxylation is 2. The average molecular weight is 396 g/mol. The molecule has 0 atom stereocenters. The summed E-state index contributed by atoms with van der Waals surface area (Å²) < 4.78 is 5.84. The molecule has 0 saturated heterocycles. The Kier molecular flexibility index (Phi) is 5.29. The van der Waals surface area contributed by atoms with Crippen molar-refractivity contribution in [1.29, 1.82) is 0 Å². The number of carbonyl (C=O) groups is 1. The van der Waals surface area contributed by atoms with Gasteiger partial charge in [-0.15, -0.1) is 0 Å². The molecule has 0 amide bonds. The predicted molar refractivity (Wildman–Crippen MR) is 104 cm³/mol. The largest absolute Gasteiger partial charge is 0.457 e. The number of hydrogen-bond donors (Lipinski definition) is 0. The number of Topliss-reactive ketones (excluding diaryl/α,β-unsaturated/α-hetero) is 1. The number of halogens is 1. The van der Waals surface area contributed by atoms with Gasteiger partial charge in [-0.25, -0.2) is 0 Å². The van der Waals surface area contributed by atoms with Crippen LogP contribution in [0.2, 0.25) is 0 Å². The van der Waals surface area contributed by atoms with Crippen LogP contribution in [0.5, 0.6) is 11.5 Å². The summed E-state index contributed by atoms with van der Waals surface area (Å²) in [5.41, 5.74) is 4.41. The molecule has 3 nitrogen and oxygen atoms in total. The molecule has 0 spiro atoms. The zero-order valence-electron chi connectivity index (χ0n) is 14.1. The van der Waals surface area contributed by atoms with Crippen molar-refractivity contribution in [2.24, 2.45) is 0 Å². The zero-order valence-corrected chi connectivity index (χ0v) is 15.7. The molecule has 4 heteroatoms. The lowest BCUT2D eigenvalue weighted by Gasteiger charge is -2.08. The van der Waals surface area contributed by atoms with Gasteiger partial charge in [-0.05, 0) is 62.4 Å². The molecule has 0 aliphatic carbocycles. The molecule has 3 rings (SSSR count). The third-order valence-corrected chi connectivity index (χ3v) is 4.42. The third-order valence-electron chi connectivity index (χ3n) is 3.91. The van der Waals surface area contributed by atoms with Crippen LogP contribution in [-0.4, -0.2) is 16.1 Å². The highest BCUT2D eigenvalue weighted by Crippen LogP contribution is 2.26. The molecular formula is C21H18BrNO2. The van der Waals surface area contributed by atoms with Crippen molar-refractivity contribution >= 4 is 21.7 Å². The van der Waals surface area contributed by atoms with E-state index in [1.165, 1.54) is 5.56 Å². The van der Waals surface area contributed by atoms with Gasteiger partial charge in [0.1, 0.15) is 11.5 Å². The Balaban J connectivity index is 1.79. The molecule has 0 aliphatic heterocycles. The first-order chi connectivity index (χ1) is 12.1. The van der Waals surface area contributed by atoms with Crippen molar-refractivity contribution in [1.82, 2.24) is 4.98 Å². The summed E-state index contributed by atoms with van der Waals surface area (Å²) in [6.07, 6.45) is 0. The van der Waals surface area contributed by atoms with Crippen LogP contribution < -0.4 is 4.74 Å². The first-order valence-corrected chi connectivity index (χ1v) is 9.11. The van der Waals surface area contributed by atoms with Crippen molar-refractivity contribution in [3.05, 3.63) is 77.5 Å². The maximum absolute atomic E-state index is 11.8. The summed E-state index contributed by atoms with van der Waals surface area (Å²) in [5, 5.41) is 0.305. The highest BCUT2D eigenvalue weighted by Gasteiger charge is 2.10. The summed E-state index contributed by atoms with van der Waals surface area (Å²) in [6, 6.07) is 19.4. The number of alkyl halides is 1. The standard InChI is InChI=1S/C21H18BrNO2/c1-14-3-7-17(8-4-14)25-18-9-5-16(6-10-18)20-12-11-19(15(2)23-20)21(24)13-22/h3-12H,13H2,1-2H3. The molecule has 0 bridgehead atoms. The third kappa shape index (κ3) is 4.15. The molecular weight excluding hydrogens is 378 g/mol. The Morgan fingerprint density at radius 2 is 1.52 bits per heavy atom. The van der Waals surface area contributed by atoms with E-state index in [4.69, 9.17) is 4.74 Å². The first kappa shape index (κ1) is 17.4. The second-order valence-corrected chi connectivity index (χ2v) is 6.39. The SMILES string of the molecule is Cc1ccc(Oc2ccc(-c3ccc(C(=O)CBr)c(C)n3)cc2)cc1. The van der Waals surface area contributed by atoms with E-state index >= 15 is 0 Å². The van der Waals surface area contributed by atoms with Gasteiger partial charge in [0.25, 0.3) is 0 Å². The summed E-state index contributed by atoms with van der Waals surface area (Å²) in [4.78, 5) is 16.4. The molecule has 1 heterocycles. The topological polar surface area (TPSA) is 39.2 Å². The maximum atomic E-state index is 11.8. The van der Waals surface area contributed by atoms with Crippen LogP contribution in [-0.2, 0) is 0 Å². The highest BCUT2D eigenvalue weighted by molar-refractivity contribution is 9.09. The Morgan fingerprint density at radius 3 is 2.08 bits per heavy atom. The van der Waals surface area contributed by atoms with E-state index in [1.54, 1.807) is 0 Å². The summed E-state index contributed by atoms with van der Waals surface area (Å²) in [6.45, 7) is 3.90. The summed E-state index contributed by atoms with van der Waals surface area (Å²) >= 11 is 3.20. The van der Waals surface area contributed by atoms with Gasteiger partial charge >= 0.3 is 0 Å². The van der Waals surface area contributed by atoms with Crippen LogP contribution >= 0.6 is 15.9 Å². The average Bonchev–Trinajstić information content (AvgIpc) is 2.63. The quantitative estimate of drug-likeness (QED) is 0.408. The zero-order chi connectivity index (χ0) is 17.8. The van der Waals surface area contributed by atoms with Gasteiger partial charge < -0.3 is 4.74 Å². The van der Waals surface area contributed by atoms with Gasteiger partial charge in [0.2, 0.25) is 0 Å². The molecule has 0 unspecified atom stereocenters. The summed E-state index contributed by atoms with van der Waals surface area (Å²) in [5.74, 6) is 1.62. The van der Waals surface area contributed by atoms with E-state index in [0.717, 1.165) is 28.5 Å². The minimum absolute atomic E-state index is 0.0402. The number of hydrogen-bond acceptors (Lipinski definition) is 3. The number of ether oxygens (including phenoxy) is 1. The van der Waals surface area contributed by atoms with Gasteiger partial charge in [0.15, 0.2) is 5.78 Å².